The van der Waals surface area contributed by atoms with Gasteiger partial charge in [-0.2, -0.15) is 5.48 Å². The minimum Gasteiger partial charge on any atom is -1.00 e. The normalized spacial score (nSPS) is 8.62. The van der Waals surface area contributed by atoms with Gasteiger partial charge in [-0.1, -0.05) is 0 Å². The van der Waals surface area contributed by atoms with Crippen molar-refractivity contribution in [3.8, 4) is 0 Å². The Balaban J connectivity index is -0.000000605. The van der Waals surface area contributed by atoms with Gasteiger partial charge < -0.3 is 17.1 Å². The van der Waals surface area contributed by atoms with Crippen LogP contribution in [0.25, 0.3) is 0 Å². The number of hydrogen-bond donors (Lipinski definition) is 3. The molecule has 0 aromatic heterocycles. The maximum absolute atomic E-state index is 10.5. The molecule has 0 aromatic rings. The summed E-state index contributed by atoms with van der Waals surface area (Å²) >= 11 is 4.30. The molecule has 0 heterocycles. The number of carboxylic acid groups (broad SMARTS) is 1. The van der Waals surface area contributed by atoms with Crippen LogP contribution in [-0.2, 0) is 14.4 Å². The number of nitrogens with one attached hydrogen (secondary N) is 1. The van der Waals surface area contributed by atoms with E-state index in [2.05, 4.69) is 17.1 Å². The van der Waals surface area contributed by atoms with Crippen LogP contribution in [0, 0.1) is 0 Å². The van der Waals surface area contributed by atoms with Crippen molar-refractivity contribution in [3.05, 3.63) is 12.2 Å². The molecular weight excluding hydrogens is 207 g/mol. The summed E-state index contributed by atoms with van der Waals surface area (Å²) < 4.78 is 0. The van der Waals surface area contributed by atoms with Gasteiger partial charge in [0.15, 0.2) is 5.11 Å². The Labute approximate surface area is 103 Å². The molecule has 0 spiro atoms. The molecule has 0 fully saturated rings. The van der Waals surface area contributed by atoms with Gasteiger partial charge in [0.05, 0.1) is 0 Å². The monoisotopic (exact) mass is 214 g/mol. The largest absolute Gasteiger partial charge is 1.00 e. The summed E-state index contributed by atoms with van der Waals surface area (Å²) in [5.41, 5.74) is 6.78. The minimum absolute atomic E-state index is 0. The number of nitrogens with two attached hydrogens (primary N) is 1. The van der Waals surface area contributed by atoms with Gasteiger partial charge in [-0.15, -0.1) is 0 Å². The van der Waals surface area contributed by atoms with Crippen LogP contribution in [-0.4, -0.2) is 22.2 Å². The van der Waals surface area contributed by atoms with E-state index < -0.39 is 11.9 Å². The molecule has 0 saturated carbocycles. The molecule has 0 aliphatic heterocycles. The van der Waals surface area contributed by atoms with E-state index in [1.807, 2.05) is 5.48 Å². The fraction of sp³-hybridized carbons (Fsp3) is 0. The van der Waals surface area contributed by atoms with Gasteiger partial charge >= 0.3 is 41.5 Å². The van der Waals surface area contributed by atoms with Gasteiger partial charge in [0.25, 0.3) is 0 Å². The first kappa shape index (κ1) is 14.9. The van der Waals surface area contributed by atoms with E-state index in [-0.39, 0.29) is 36.1 Å². The Morgan fingerprint density at radius 3 is 2.46 bits per heavy atom. The molecule has 0 amide bonds. The smallest absolute Gasteiger partial charge is 1.00 e. The van der Waals surface area contributed by atoms with Crippen LogP contribution < -0.4 is 40.8 Å². The summed E-state index contributed by atoms with van der Waals surface area (Å²) in [6.45, 7) is 0. The van der Waals surface area contributed by atoms with Crippen LogP contribution in [0.4, 0.5) is 0 Å². The SMILES string of the molecule is NC(=S)NOC(=O)/C=C\C(=O)O.[H-].[Na+]. The van der Waals surface area contributed by atoms with E-state index in [0.29, 0.717) is 12.2 Å². The van der Waals surface area contributed by atoms with Crippen molar-refractivity contribution < 1.29 is 50.5 Å². The van der Waals surface area contributed by atoms with Crippen molar-refractivity contribution in [2.75, 3.05) is 0 Å². The molecule has 0 aliphatic carbocycles. The second kappa shape index (κ2) is 7.99. The minimum atomic E-state index is -1.25. The molecule has 4 N–H and O–H groups in total. The molecule has 68 valence electrons. The van der Waals surface area contributed by atoms with Crippen LogP contribution >= 0.6 is 12.2 Å². The van der Waals surface area contributed by atoms with E-state index >= 15 is 0 Å². The molecule has 0 saturated heterocycles. The molecule has 0 atom stereocenters. The number of rotatable bonds is 2. The molecule has 6 nitrogen and oxygen atoms in total. The summed E-state index contributed by atoms with van der Waals surface area (Å²) in [5, 5.41) is 7.86. The Kier molecular flexibility index (Phi) is 9.14. The average Bonchev–Trinajstić information content (AvgIpc) is 1.96. The van der Waals surface area contributed by atoms with Gasteiger partial charge in [-0.05, 0) is 12.2 Å². The van der Waals surface area contributed by atoms with E-state index in [0.717, 1.165) is 0 Å². The van der Waals surface area contributed by atoms with Crippen LogP contribution in [0.15, 0.2) is 12.2 Å². The van der Waals surface area contributed by atoms with Gasteiger partial charge in [0, 0.05) is 12.2 Å². The van der Waals surface area contributed by atoms with Crippen molar-refractivity contribution >= 4 is 29.3 Å². The van der Waals surface area contributed by atoms with E-state index in [1.54, 1.807) is 0 Å². The van der Waals surface area contributed by atoms with Crippen LogP contribution in [0.2, 0.25) is 0 Å². The Morgan fingerprint density at radius 2 is 2.08 bits per heavy atom. The Hall–Kier alpha value is -0.630. The Bertz CT molecular complexity index is 248. The number of hydroxylamine groups is 1. The van der Waals surface area contributed by atoms with E-state index in [1.165, 1.54) is 0 Å². The van der Waals surface area contributed by atoms with Gasteiger partial charge in [-0.25, -0.2) is 9.59 Å². The number of carbonyl (C=O) groups excluding carboxylic acids is 1. The average molecular weight is 214 g/mol. The number of carbonyl (C=O) groups is 2. The molecule has 0 unspecified atom stereocenters. The number of hydrogen-bond acceptors (Lipinski definition) is 4. The third-order valence-corrected chi connectivity index (χ3v) is 0.698. The second-order valence-electron chi connectivity index (χ2n) is 1.56. The Morgan fingerprint density at radius 1 is 1.54 bits per heavy atom. The topological polar surface area (TPSA) is 102 Å². The summed E-state index contributed by atoms with van der Waals surface area (Å²) in [4.78, 5) is 24.5. The second-order valence-corrected chi connectivity index (χ2v) is 2.00. The van der Waals surface area contributed by atoms with Crippen molar-refractivity contribution in [2.24, 2.45) is 5.73 Å². The molecule has 0 rings (SSSR count). The van der Waals surface area contributed by atoms with Gasteiger partial charge in [-0.3, -0.25) is 0 Å². The van der Waals surface area contributed by atoms with Gasteiger partial charge in [0.2, 0.25) is 0 Å². The summed E-state index contributed by atoms with van der Waals surface area (Å²) in [5.74, 6) is -2.15. The standard InChI is InChI=1S/C5H6N2O4S.Na.H/c6-5(12)7-11-4(10)2-1-3(8)9;;/h1-2H,(H,8,9)(H3,6,7,12);;/q;+1;-1/b2-1-;;. The van der Waals surface area contributed by atoms with Crippen molar-refractivity contribution in [1.82, 2.24) is 5.48 Å². The van der Waals surface area contributed by atoms with Crippen LogP contribution in [0.1, 0.15) is 1.43 Å². The van der Waals surface area contributed by atoms with Crippen molar-refractivity contribution in [2.45, 2.75) is 0 Å². The number of thiocarbonyl (C=S) groups is 1. The first-order valence-corrected chi connectivity index (χ1v) is 3.10. The predicted molar refractivity (Wildman–Crippen MR) is 43.9 cm³/mol. The molecule has 0 radical (unpaired) electrons. The quantitative estimate of drug-likeness (QED) is 0.186. The zero-order valence-corrected chi connectivity index (χ0v) is 9.63. The fourth-order valence-electron chi connectivity index (χ4n) is 0.274. The molecule has 8 heteroatoms. The first-order chi connectivity index (χ1) is 5.52. The predicted octanol–water partition coefficient (Wildman–Crippen LogP) is -3.96. The number of carboxylic acids is 1. The third kappa shape index (κ3) is 11.4. The van der Waals surface area contributed by atoms with Crippen molar-refractivity contribution in [3.63, 3.8) is 0 Å². The van der Waals surface area contributed by atoms with Crippen LogP contribution in [0.5, 0.6) is 0 Å². The molecule has 0 bridgehead atoms. The van der Waals surface area contributed by atoms with Crippen LogP contribution in [0.3, 0.4) is 0 Å². The first-order valence-electron chi connectivity index (χ1n) is 2.69. The number of aliphatic carboxylic acids is 1. The zero-order valence-electron chi connectivity index (χ0n) is 7.81. The third-order valence-electron chi connectivity index (χ3n) is 0.614. The molecule has 0 aromatic carbocycles. The summed E-state index contributed by atoms with van der Waals surface area (Å²) in [7, 11) is 0. The molecule has 0 aliphatic rings. The van der Waals surface area contributed by atoms with Crippen molar-refractivity contribution in [1.29, 1.82) is 0 Å². The fourth-order valence-corrected chi connectivity index (χ4v) is 0.316. The maximum Gasteiger partial charge on any atom is 1.00 e. The van der Waals surface area contributed by atoms with Gasteiger partial charge in [0.1, 0.15) is 0 Å². The van der Waals surface area contributed by atoms with E-state index in [4.69, 9.17) is 10.8 Å². The summed E-state index contributed by atoms with van der Waals surface area (Å²) in [6, 6.07) is 0. The zero-order chi connectivity index (χ0) is 9.56. The maximum atomic E-state index is 10.5. The molecular formula is C5H7N2NaO4S. The molecule has 13 heavy (non-hydrogen) atoms. The summed E-state index contributed by atoms with van der Waals surface area (Å²) in [6.07, 6.45) is 1.34. The van der Waals surface area contributed by atoms with E-state index in [9.17, 15) is 9.59 Å².